The second-order valence-corrected chi connectivity index (χ2v) is 1.62. The highest BCUT2D eigenvalue weighted by molar-refractivity contribution is 5.55. The summed E-state index contributed by atoms with van der Waals surface area (Å²) in [5.41, 5.74) is 5.81. The van der Waals surface area contributed by atoms with Gasteiger partial charge in [-0.2, -0.15) is 0 Å². The molecule has 54 valence electrons. The topological polar surface area (TPSA) is 38.4 Å². The van der Waals surface area contributed by atoms with Crippen LogP contribution in [0, 0.1) is 0 Å². The van der Waals surface area contributed by atoms with Crippen LogP contribution in [-0.4, -0.2) is 6.21 Å². The Morgan fingerprint density at radius 1 is 1.50 bits per heavy atom. The van der Waals surface area contributed by atoms with Crippen LogP contribution >= 0.6 is 0 Å². The molecule has 0 heterocycles. The lowest BCUT2D eigenvalue weighted by molar-refractivity contribution is 1.44. The summed E-state index contributed by atoms with van der Waals surface area (Å²) in [4.78, 5) is 3.92. The average molecular weight is 136 g/mol. The Labute approximate surface area is 61.5 Å². The summed E-state index contributed by atoms with van der Waals surface area (Å²) in [6, 6.07) is 0. The van der Waals surface area contributed by atoms with E-state index in [9.17, 15) is 0 Å². The summed E-state index contributed by atoms with van der Waals surface area (Å²) >= 11 is 0. The minimum atomic E-state index is 0.723. The lowest BCUT2D eigenvalue weighted by Crippen LogP contribution is -1.73. The second-order valence-electron chi connectivity index (χ2n) is 1.62. The summed E-state index contributed by atoms with van der Waals surface area (Å²) in [5.74, 6) is 0. The van der Waals surface area contributed by atoms with Crippen molar-refractivity contribution in [2.24, 2.45) is 10.7 Å². The molecule has 0 aromatic heterocycles. The maximum Gasteiger partial charge on any atom is 0.0553 e. The Bertz CT molecular complexity index is 176. The van der Waals surface area contributed by atoms with Crippen LogP contribution in [0.25, 0.3) is 0 Å². The summed E-state index contributed by atoms with van der Waals surface area (Å²) < 4.78 is 0. The third-order valence-corrected chi connectivity index (χ3v) is 0.806. The Morgan fingerprint density at radius 2 is 2.20 bits per heavy atom. The lowest BCUT2D eigenvalue weighted by atomic mass is 10.4. The van der Waals surface area contributed by atoms with Crippen LogP contribution in [0.2, 0.25) is 0 Å². The molecule has 0 bridgehead atoms. The normalized spacial score (nSPS) is 12.1. The predicted molar refractivity (Wildman–Crippen MR) is 45.8 cm³/mol. The molecule has 0 aliphatic rings. The molecule has 0 amide bonds. The minimum absolute atomic E-state index is 0.723. The molecular weight excluding hydrogens is 124 g/mol. The zero-order valence-electron chi connectivity index (χ0n) is 6.12. The van der Waals surface area contributed by atoms with E-state index in [-0.39, 0.29) is 0 Å². The third kappa shape index (κ3) is 4.84. The van der Waals surface area contributed by atoms with Gasteiger partial charge in [-0.05, 0) is 25.3 Å². The highest BCUT2D eigenvalue weighted by Gasteiger charge is 1.74. The van der Waals surface area contributed by atoms with E-state index < -0.39 is 0 Å². The van der Waals surface area contributed by atoms with Gasteiger partial charge in [-0.25, -0.2) is 0 Å². The highest BCUT2D eigenvalue weighted by Crippen LogP contribution is 1.92. The number of allylic oxidation sites excluding steroid dienone is 3. The van der Waals surface area contributed by atoms with Crippen LogP contribution in [-0.2, 0) is 0 Å². The first-order valence-corrected chi connectivity index (χ1v) is 3.03. The fourth-order valence-corrected chi connectivity index (χ4v) is 0.440. The van der Waals surface area contributed by atoms with Crippen LogP contribution < -0.4 is 5.73 Å². The van der Waals surface area contributed by atoms with E-state index in [4.69, 9.17) is 5.73 Å². The quantitative estimate of drug-likeness (QED) is 0.464. The van der Waals surface area contributed by atoms with Gasteiger partial charge in [-0.15, -0.1) is 0 Å². The summed E-state index contributed by atoms with van der Waals surface area (Å²) in [5, 5.41) is 0. The van der Waals surface area contributed by atoms with Crippen molar-refractivity contribution < 1.29 is 0 Å². The molecule has 0 radical (unpaired) electrons. The molecule has 0 rings (SSSR count). The van der Waals surface area contributed by atoms with Crippen LogP contribution in [0.1, 0.15) is 6.92 Å². The van der Waals surface area contributed by atoms with Crippen LogP contribution in [0.5, 0.6) is 0 Å². The van der Waals surface area contributed by atoms with Gasteiger partial charge in [-0.1, -0.05) is 12.7 Å². The summed E-state index contributed by atoms with van der Waals surface area (Å²) in [6.07, 6.45) is 8.44. The molecule has 0 aromatic rings. The highest BCUT2D eigenvalue weighted by atomic mass is 14.7. The number of nitrogens with zero attached hydrogens (tertiary/aromatic N) is 1. The molecule has 2 nitrogen and oxygen atoms in total. The van der Waals surface area contributed by atoms with Crippen molar-refractivity contribution in [3.63, 3.8) is 0 Å². The monoisotopic (exact) mass is 136 g/mol. The van der Waals surface area contributed by atoms with E-state index in [1.807, 2.05) is 6.92 Å². The first-order valence-electron chi connectivity index (χ1n) is 3.03. The molecule has 0 aliphatic carbocycles. The van der Waals surface area contributed by atoms with Crippen molar-refractivity contribution in [3.8, 4) is 0 Å². The molecule has 0 atom stereocenters. The average Bonchev–Trinajstić information content (AvgIpc) is 1.89. The molecule has 0 aromatic carbocycles. The first-order chi connectivity index (χ1) is 4.81. The fraction of sp³-hybridized carbons (Fsp3) is 0.125. The van der Waals surface area contributed by atoms with Crippen molar-refractivity contribution in [1.82, 2.24) is 0 Å². The van der Waals surface area contributed by atoms with Gasteiger partial charge in [-0.3, -0.25) is 4.99 Å². The number of aliphatic imine (C=N–C) groups is 1. The largest absolute Gasteiger partial charge is 0.405 e. The number of nitrogens with two attached hydrogens (primary N) is 1. The molecule has 10 heavy (non-hydrogen) atoms. The van der Waals surface area contributed by atoms with E-state index in [0.717, 1.165) is 5.70 Å². The number of hydrogen-bond acceptors (Lipinski definition) is 2. The van der Waals surface area contributed by atoms with Gasteiger partial charge in [0.15, 0.2) is 0 Å². The van der Waals surface area contributed by atoms with Crippen molar-refractivity contribution in [1.29, 1.82) is 0 Å². The lowest BCUT2D eigenvalue weighted by Gasteiger charge is -1.83. The molecule has 0 unspecified atom stereocenters. The van der Waals surface area contributed by atoms with E-state index in [1.54, 1.807) is 24.4 Å². The fourth-order valence-electron chi connectivity index (χ4n) is 0.440. The Kier molecular flexibility index (Phi) is 5.06. The number of rotatable bonds is 3. The molecule has 0 spiro atoms. The van der Waals surface area contributed by atoms with Gasteiger partial charge in [0.25, 0.3) is 0 Å². The molecule has 2 N–H and O–H groups in total. The standard InChI is InChI=1S/C8H12N2/c1-3-10-8(2)6-4-5-7-9/h3-7H,2,9H2,1H3/b6-4-,7-5-,10-3?. The molecule has 2 heteroatoms. The first kappa shape index (κ1) is 8.69. The second kappa shape index (κ2) is 5.82. The number of hydrogen-bond donors (Lipinski definition) is 1. The van der Waals surface area contributed by atoms with E-state index >= 15 is 0 Å². The zero-order valence-corrected chi connectivity index (χ0v) is 6.12. The molecule has 0 fully saturated rings. The Hall–Kier alpha value is -1.31. The van der Waals surface area contributed by atoms with Crippen molar-refractivity contribution >= 4 is 6.21 Å². The Morgan fingerprint density at radius 3 is 2.70 bits per heavy atom. The zero-order chi connectivity index (χ0) is 7.82. The Balaban J connectivity index is 3.78. The molecule has 0 saturated heterocycles. The van der Waals surface area contributed by atoms with E-state index in [0.29, 0.717) is 0 Å². The van der Waals surface area contributed by atoms with Crippen LogP contribution in [0.4, 0.5) is 0 Å². The molecule has 0 aliphatic heterocycles. The maximum atomic E-state index is 5.09. The molecule has 0 saturated carbocycles. The third-order valence-electron chi connectivity index (χ3n) is 0.806. The summed E-state index contributed by atoms with van der Waals surface area (Å²) in [7, 11) is 0. The van der Waals surface area contributed by atoms with Gasteiger partial charge in [0, 0.05) is 6.21 Å². The maximum absolute atomic E-state index is 5.09. The summed E-state index contributed by atoms with van der Waals surface area (Å²) in [6.45, 7) is 5.50. The van der Waals surface area contributed by atoms with Crippen LogP contribution in [0.15, 0.2) is 41.7 Å². The van der Waals surface area contributed by atoms with Gasteiger partial charge in [0.05, 0.1) is 5.70 Å². The predicted octanol–water partition coefficient (Wildman–Crippen LogP) is 1.62. The smallest absolute Gasteiger partial charge is 0.0553 e. The minimum Gasteiger partial charge on any atom is -0.405 e. The van der Waals surface area contributed by atoms with Crippen molar-refractivity contribution in [3.05, 3.63) is 36.7 Å². The van der Waals surface area contributed by atoms with E-state index in [1.165, 1.54) is 6.20 Å². The van der Waals surface area contributed by atoms with E-state index in [2.05, 4.69) is 11.6 Å². The van der Waals surface area contributed by atoms with Gasteiger partial charge >= 0.3 is 0 Å². The van der Waals surface area contributed by atoms with Gasteiger partial charge in [0.1, 0.15) is 0 Å². The van der Waals surface area contributed by atoms with Gasteiger partial charge < -0.3 is 5.73 Å². The molecular formula is C8H12N2. The van der Waals surface area contributed by atoms with Crippen molar-refractivity contribution in [2.45, 2.75) is 6.92 Å². The SMILES string of the molecule is C=C(/C=C\C=C/N)N=CC. The van der Waals surface area contributed by atoms with Gasteiger partial charge in [0.2, 0.25) is 0 Å². The van der Waals surface area contributed by atoms with Crippen LogP contribution in [0.3, 0.4) is 0 Å². The van der Waals surface area contributed by atoms with Crippen molar-refractivity contribution in [2.75, 3.05) is 0 Å².